The fourth-order valence-electron chi connectivity index (χ4n) is 3.72. The number of carbonyl (C=O) groups is 1. The average Bonchev–Trinajstić information content (AvgIpc) is 3.34. The molecule has 0 saturated carbocycles. The summed E-state index contributed by atoms with van der Waals surface area (Å²) in [6.07, 6.45) is 0. The number of ketones is 1. The molecule has 0 spiro atoms. The summed E-state index contributed by atoms with van der Waals surface area (Å²) in [4.78, 5) is 12.6. The molecule has 0 saturated heterocycles. The second kappa shape index (κ2) is 11.9. The third-order valence-electron chi connectivity index (χ3n) is 5.52. The van der Waals surface area contributed by atoms with Crippen molar-refractivity contribution in [3.05, 3.63) is 97.0 Å². The molecule has 0 unspecified atom stereocenters. The lowest BCUT2D eigenvalue weighted by atomic mass is 10.1. The van der Waals surface area contributed by atoms with E-state index < -0.39 is 5.92 Å². The van der Waals surface area contributed by atoms with E-state index in [1.807, 2.05) is 84.9 Å². The predicted molar refractivity (Wildman–Crippen MR) is 142 cm³/mol. The van der Waals surface area contributed by atoms with E-state index in [0.29, 0.717) is 28.2 Å². The van der Waals surface area contributed by atoms with Gasteiger partial charge < -0.3 is 15.2 Å². The maximum atomic E-state index is 12.6. The highest BCUT2D eigenvalue weighted by Gasteiger charge is 2.23. The number of nitrogens with zero attached hydrogens (tertiary/aromatic N) is 4. The monoisotopic (exact) mass is 511 g/mol. The van der Waals surface area contributed by atoms with Gasteiger partial charge in [-0.25, -0.2) is 0 Å². The summed E-state index contributed by atoms with van der Waals surface area (Å²) in [5.41, 5.74) is 8.32. The number of Topliss-reactive ketones (excluding diaryl/α,β-unsaturated/α-hetero) is 1. The van der Waals surface area contributed by atoms with Gasteiger partial charge in [-0.05, 0) is 23.8 Å². The third-order valence-corrected chi connectivity index (χ3v) is 6.47. The summed E-state index contributed by atoms with van der Waals surface area (Å²) < 4.78 is 13.6. The lowest BCUT2D eigenvalue weighted by Crippen LogP contribution is -2.21. The summed E-state index contributed by atoms with van der Waals surface area (Å²) in [7, 11) is 1.58. The maximum Gasteiger partial charge on any atom is 0.196 e. The van der Waals surface area contributed by atoms with Crippen molar-refractivity contribution in [2.75, 3.05) is 12.9 Å². The molecule has 9 heteroatoms. The first-order valence-electron chi connectivity index (χ1n) is 11.4. The molecule has 0 aliphatic carbocycles. The van der Waals surface area contributed by atoms with E-state index in [9.17, 15) is 10.1 Å². The van der Waals surface area contributed by atoms with Crippen molar-refractivity contribution in [3.63, 3.8) is 0 Å². The van der Waals surface area contributed by atoms with E-state index in [-0.39, 0.29) is 23.8 Å². The van der Waals surface area contributed by atoms with Crippen LogP contribution in [0.5, 0.6) is 11.5 Å². The van der Waals surface area contributed by atoms with Crippen LogP contribution in [-0.4, -0.2) is 33.4 Å². The van der Waals surface area contributed by atoms with Crippen LogP contribution >= 0.6 is 11.8 Å². The average molecular weight is 512 g/mol. The Hall–Kier alpha value is -4.55. The van der Waals surface area contributed by atoms with Crippen LogP contribution in [0.3, 0.4) is 0 Å². The van der Waals surface area contributed by atoms with Crippen LogP contribution in [0.25, 0.3) is 16.8 Å². The fraction of sp³-hybridized carbons (Fsp3) is 0.143. The summed E-state index contributed by atoms with van der Waals surface area (Å²) in [6, 6.07) is 27.1. The molecule has 0 bridgehead atoms. The summed E-state index contributed by atoms with van der Waals surface area (Å²) in [5, 5.41) is 18.4. The molecular formula is C28H25N5O3S. The highest BCUT2D eigenvalue weighted by molar-refractivity contribution is 7.99. The second-order valence-electron chi connectivity index (χ2n) is 7.95. The number of hydrogen-bond donors (Lipinski definition) is 1. The van der Waals surface area contributed by atoms with Gasteiger partial charge in [-0.2, -0.15) is 5.26 Å². The van der Waals surface area contributed by atoms with Gasteiger partial charge in [-0.15, -0.1) is 10.2 Å². The minimum Gasteiger partial charge on any atom is -0.495 e. The Morgan fingerprint density at radius 3 is 2.43 bits per heavy atom. The first-order valence-corrected chi connectivity index (χ1v) is 12.4. The van der Waals surface area contributed by atoms with Crippen molar-refractivity contribution >= 4 is 17.5 Å². The Morgan fingerprint density at radius 1 is 1.05 bits per heavy atom. The molecule has 0 amide bonds. The van der Waals surface area contributed by atoms with Gasteiger partial charge in [0.1, 0.15) is 24.0 Å². The molecule has 4 aromatic rings. The lowest BCUT2D eigenvalue weighted by molar-refractivity contribution is -0.117. The van der Waals surface area contributed by atoms with Gasteiger partial charge in [0.15, 0.2) is 16.8 Å². The van der Waals surface area contributed by atoms with Crippen LogP contribution in [0.15, 0.2) is 96.3 Å². The van der Waals surface area contributed by atoms with Gasteiger partial charge in [0.2, 0.25) is 0 Å². The van der Waals surface area contributed by atoms with Crippen LogP contribution in [0, 0.1) is 17.2 Å². The molecule has 2 N–H and O–H groups in total. The number of carbonyl (C=O) groups excluding carboxylic acids is 1. The van der Waals surface area contributed by atoms with Crippen LogP contribution in [0.1, 0.15) is 5.82 Å². The summed E-state index contributed by atoms with van der Waals surface area (Å²) in [5.74, 6) is 0.357. The molecule has 0 fully saturated rings. The van der Waals surface area contributed by atoms with Crippen molar-refractivity contribution in [2.45, 2.75) is 11.8 Å². The topological polar surface area (TPSA) is 116 Å². The second-order valence-corrected chi connectivity index (χ2v) is 8.89. The number of nitriles is 1. The van der Waals surface area contributed by atoms with Gasteiger partial charge in [-0.3, -0.25) is 9.36 Å². The standard InChI is InChI=1S/C28H25N5O3S/c1-19(30)22(16-29)24(34)18-37-28-32-31-27(33(28)23-13-7-9-15-26(23)35-2)17-36-25-14-8-6-12-21(25)20-10-4-3-5-11-20/h3-15,22H,1,17-18,30H2,2H3/t22-/m0/s1. The van der Waals surface area contributed by atoms with Gasteiger partial charge >= 0.3 is 0 Å². The van der Waals surface area contributed by atoms with E-state index in [2.05, 4.69) is 16.8 Å². The quantitative estimate of drug-likeness (QED) is 0.286. The third kappa shape index (κ3) is 5.82. The Balaban J connectivity index is 1.65. The zero-order chi connectivity index (χ0) is 26.2. The molecule has 0 radical (unpaired) electrons. The van der Waals surface area contributed by atoms with E-state index >= 15 is 0 Å². The van der Waals surface area contributed by atoms with E-state index in [0.717, 1.165) is 22.9 Å². The molecule has 186 valence electrons. The number of nitrogens with two attached hydrogens (primary N) is 1. The van der Waals surface area contributed by atoms with E-state index in [4.69, 9.17) is 15.2 Å². The largest absolute Gasteiger partial charge is 0.495 e. The van der Waals surface area contributed by atoms with E-state index in [1.165, 1.54) is 0 Å². The number of hydrogen-bond acceptors (Lipinski definition) is 8. The summed E-state index contributed by atoms with van der Waals surface area (Å²) >= 11 is 1.15. The maximum absolute atomic E-state index is 12.6. The Morgan fingerprint density at radius 2 is 1.73 bits per heavy atom. The Kier molecular flexibility index (Phi) is 8.23. The van der Waals surface area contributed by atoms with Crippen LogP contribution in [0.2, 0.25) is 0 Å². The molecule has 3 aromatic carbocycles. The van der Waals surface area contributed by atoms with Gasteiger partial charge in [0, 0.05) is 11.3 Å². The molecule has 8 nitrogen and oxygen atoms in total. The van der Waals surface area contributed by atoms with Gasteiger partial charge in [-0.1, -0.05) is 79.0 Å². The van der Waals surface area contributed by atoms with Crippen molar-refractivity contribution in [1.82, 2.24) is 14.8 Å². The molecule has 0 aliphatic heterocycles. The highest BCUT2D eigenvalue weighted by atomic mass is 32.2. The highest BCUT2D eigenvalue weighted by Crippen LogP contribution is 2.32. The minimum absolute atomic E-state index is 0.0189. The number of benzene rings is 3. The number of aromatic nitrogens is 3. The first-order chi connectivity index (χ1) is 18.0. The predicted octanol–water partition coefficient (Wildman–Crippen LogP) is 4.80. The first kappa shape index (κ1) is 25.5. The van der Waals surface area contributed by atoms with E-state index in [1.54, 1.807) is 11.7 Å². The Labute approximate surface area is 219 Å². The normalized spacial score (nSPS) is 11.4. The van der Waals surface area contributed by atoms with Gasteiger partial charge in [0.05, 0.1) is 24.6 Å². The SMILES string of the molecule is C=C(N)[C@H](C#N)C(=O)CSc1nnc(COc2ccccc2-c2ccccc2)n1-c1ccccc1OC. The number of thioether (sulfide) groups is 1. The van der Waals surface area contributed by atoms with Crippen LogP contribution in [-0.2, 0) is 11.4 Å². The van der Waals surface area contributed by atoms with Crippen LogP contribution < -0.4 is 15.2 Å². The minimum atomic E-state index is -1.08. The van der Waals surface area contributed by atoms with Crippen molar-refractivity contribution < 1.29 is 14.3 Å². The van der Waals surface area contributed by atoms with Crippen molar-refractivity contribution in [2.24, 2.45) is 11.7 Å². The zero-order valence-corrected chi connectivity index (χ0v) is 21.0. The number of rotatable bonds is 11. The smallest absolute Gasteiger partial charge is 0.196 e. The van der Waals surface area contributed by atoms with Crippen LogP contribution in [0.4, 0.5) is 0 Å². The number of para-hydroxylation sites is 3. The fourth-order valence-corrected chi connectivity index (χ4v) is 4.58. The number of allylic oxidation sites excluding steroid dienone is 1. The van der Waals surface area contributed by atoms with Gasteiger partial charge in [0.25, 0.3) is 0 Å². The zero-order valence-electron chi connectivity index (χ0n) is 20.2. The Bertz CT molecular complexity index is 1450. The van der Waals surface area contributed by atoms with Crippen molar-refractivity contribution in [3.8, 4) is 34.4 Å². The number of ether oxygens (including phenoxy) is 2. The van der Waals surface area contributed by atoms with Crippen molar-refractivity contribution in [1.29, 1.82) is 5.26 Å². The summed E-state index contributed by atoms with van der Waals surface area (Å²) in [6.45, 7) is 3.65. The lowest BCUT2D eigenvalue weighted by Gasteiger charge is -2.15. The molecule has 0 aliphatic rings. The molecule has 1 aromatic heterocycles. The molecule has 4 rings (SSSR count). The molecule has 1 atom stereocenters. The molecular weight excluding hydrogens is 486 g/mol. The molecule has 1 heterocycles. The number of methoxy groups -OCH3 is 1. The molecule has 37 heavy (non-hydrogen) atoms.